The molecule has 2 rings (SSSR count). The SMILES string of the molecule is CCCOc1ccccc1NC(=O)CCSc1ccccc1Cl. The van der Waals surface area contributed by atoms with E-state index in [4.69, 9.17) is 16.3 Å². The van der Waals surface area contributed by atoms with E-state index in [1.54, 1.807) is 11.8 Å². The van der Waals surface area contributed by atoms with Gasteiger partial charge >= 0.3 is 0 Å². The second-order valence-electron chi connectivity index (χ2n) is 4.92. The zero-order chi connectivity index (χ0) is 16.5. The molecule has 0 bridgehead atoms. The van der Waals surface area contributed by atoms with Crippen molar-refractivity contribution in [3.8, 4) is 5.75 Å². The molecule has 0 saturated heterocycles. The number of hydrogen-bond acceptors (Lipinski definition) is 3. The molecule has 0 aliphatic carbocycles. The van der Waals surface area contributed by atoms with E-state index in [9.17, 15) is 4.79 Å². The lowest BCUT2D eigenvalue weighted by atomic mass is 10.3. The molecule has 2 aromatic carbocycles. The predicted molar refractivity (Wildman–Crippen MR) is 97.7 cm³/mol. The van der Waals surface area contributed by atoms with Gasteiger partial charge in [0.05, 0.1) is 17.3 Å². The lowest BCUT2D eigenvalue weighted by Crippen LogP contribution is -2.13. The Hall–Kier alpha value is -1.65. The van der Waals surface area contributed by atoms with Gasteiger partial charge in [-0.15, -0.1) is 11.8 Å². The molecule has 0 heterocycles. The Bertz CT molecular complexity index is 648. The number of rotatable bonds is 8. The van der Waals surface area contributed by atoms with Crippen molar-refractivity contribution in [1.82, 2.24) is 0 Å². The molecule has 0 aromatic heterocycles. The van der Waals surface area contributed by atoms with Gasteiger partial charge in [0.2, 0.25) is 5.91 Å². The van der Waals surface area contributed by atoms with Crippen molar-refractivity contribution in [3.05, 3.63) is 53.6 Å². The summed E-state index contributed by atoms with van der Waals surface area (Å²) in [6.45, 7) is 2.68. The Balaban J connectivity index is 1.84. The van der Waals surface area contributed by atoms with Gasteiger partial charge in [0.25, 0.3) is 0 Å². The summed E-state index contributed by atoms with van der Waals surface area (Å²) < 4.78 is 5.64. The molecule has 0 aliphatic rings. The maximum absolute atomic E-state index is 12.1. The minimum Gasteiger partial charge on any atom is -0.491 e. The van der Waals surface area contributed by atoms with E-state index in [2.05, 4.69) is 5.32 Å². The summed E-state index contributed by atoms with van der Waals surface area (Å²) in [6, 6.07) is 15.1. The molecule has 0 unspecified atom stereocenters. The Kier molecular flexibility index (Phi) is 7.30. The zero-order valence-electron chi connectivity index (χ0n) is 13.0. The number of halogens is 1. The maximum atomic E-state index is 12.1. The number of carbonyl (C=O) groups is 1. The molecule has 1 amide bonds. The van der Waals surface area contributed by atoms with Gasteiger partial charge in [-0.2, -0.15) is 0 Å². The van der Waals surface area contributed by atoms with Gasteiger partial charge in [-0.1, -0.05) is 42.8 Å². The van der Waals surface area contributed by atoms with Crippen LogP contribution < -0.4 is 10.1 Å². The molecule has 0 aliphatic heterocycles. The van der Waals surface area contributed by atoms with Crippen molar-refractivity contribution in [3.63, 3.8) is 0 Å². The van der Waals surface area contributed by atoms with Gasteiger partial charge in [-0.25, -0.2) is 0 Å². The van der Waals surface area contributed by atoms with E-state index < -0.39 is 0 Å². The number of benzene rings is 2. The highest BCUT2D eigenvalue weighted by atomic mass is 35.5. The molecule has 23 heavy (non-hydrogen) atoms. The summed E-state index contributed by atoms with van der Waals surface area (Å²) in [5.74, 6) is 1.35. The second kappa shape index (κ2) is 9.48. The Morgan fingerprint density at radius 2 is 1.91 bits per heavy atom. The average molecular weight is 350 g/mol. The summed E-state index contributed by atoms with van der Waals surface area (Å²) in [5.41, 5.74) is 0.716. The summed E-state index contributed by atoms with van der Waals surface area (Å²) in [4.78, 5) is 13.1. The predicted octanol–water partition coefficient (Wildman–Crippen LogP) is 5.25. The van der Waals surface area contributed by atoms with E-state index in [0.29, 0.717) is 30.2 Å². The number of amides is 1. The molecular weight excluding hydrogens is 330 g/mol. The van der Waals surface area contributed by atoms with Gasteiger partial charge in [0.15, 0.2) is 0 Å². The summed E-state index contributed by atoms with van der Waals surface area (Å²) in [6.07, 6.45) is 1.34. The van der Waals surface area contributed by atoms with Crippen LogP contribution in [0.5, 0.6) is 5.75 Å². The quantitative estimate of drug-likeness (QED) is 0.661. The number of para-hydroxylation sites is 2. The second-order valence-corrected chi connectivity index (χ2v) is 6.47. The van der Waals surface area contributed by atoms with Crippen LogP contribution in [0.1, 0.15) is 19.8 Å². The maximum Gasteiger partial charge on any atom is 0.225 e. The van der Waals surface area contributed by atoms with Crippen LogP contribution in [0.4, 0.5) is 5.69 Å². The highest BCUT2D eigenvalue weighted by Gasteiger charge is 2.08. The van der Waals surface area contributed by atoms with Crippen molar-refractivity contribution in [2.24, 2.45) is 0 Å². The first-order valence-corrected chi connectivity index (χ1v) is 8.96. The lowest BCUT2D eigenvalue weighted by molar-refractivity contribution is -0.115. The molecular formula is C18H20ClNO2S. The van der Waals surface area contributed by atoms with Gasteiger partial charge in [-0.05, 0) is 30.7 Å². The third kappa shape index (κ3) is 5.81. The number of anilines is 1. The Morgan fingerprint density at radius 3 is 2.70 bits per heavy atom. The summed E-state index contributed by atoms with van der Waals surface area (Å²) >= 11 is 7.68. The third-order valence-electron chi connectivity index (χ3n) is 3.05. The summed E-state index contributed by atoms with van der Waals surface area (Å²) in [5, 5.41) is 3.63. The molecule has 0 radical (unpaired) electrons. The number of hydrogen-bond donors (Lipinski definition) is 1. The van der Waals surface area contributed by atoms with E-state index >= 15 is 0 Å². The van der Waals surface area contributed by atoms with Crippen LogP contribution in [-0.2, 0) is 4.79 Å². The highest BCUT2D eigenvalue weighted by Crippen LogP contribution is 2.28. The summed E-state index contributed by atoms with van der Waals surface area (Å²) in [7, 11) is 0. The van der Waals surface area contributed by atoms with E-state index in [1.165, 1.54) is 0 Å². The molecule has 1 N–H and O–H groups in total. The largest absolute Gasteiger partial charge is 0.491 e. The van der Waals surface area contributed by atoms with Crippen LogP contribution in [-0.4, -0.2) is 18.3 Å². The van der Waals surface area contributed by atoms with E-state index in [-0.39, 0.29) is 5.91 Å². The standard InChI is InChI=1S/C18H20ClNO2S/c1-2-12-22-16-9-5-4-8-15(16)20-18(21)11-13-23-17-10-6-3-7-14(17)19/h3-10H,2,11-13H2,1H3,(H,20,21). The smallest absolute Gasteiger partial charge is 0.225 e. The molecule has 3 nitrogen and oxygen atoms in total. The highest BCUT2D eigenvalue weighted by molar-refractivity contribution is 7.99. The first-order valence-electron chi connectivity index (χ1n) is 7.59. The first-order chi connectivity index (χ1) is 11.2. The molecule has 2 aromatic rings. The van der Waals surface area contributed by atoms with Crippen LogP contribution in [0.25, 0.3) is 0 Å². The molecule has 0 spiro atoms. The topological polar surface area (TPSA) is 38.3 Å². The Morgan fingerprint density at radius 1 is 1.17 bits per heavy atom. The van der Waals surface area contributed by atoms with Crippen LogP contribution in [0, 0.1) is 0 Å². The number of carbonyl (C=O) groups excluding carboxylic acids is 1. The number of ether oxygens (including phenoxy) is 1. The monoisotopic (exact) mass is 349 g/mol. The molecule has 0 atom stereocenters. The number of nitrogens with one attached hydrogen (secondary N) is 1. The molecule has 122 valence electrons. The van der Waals surface area contributed by atoms with Crippen molar-refractivity contribution in [1.29, 1.82) is 0 Å². The van der Waals surface area contributed by atoms with Gasteiger partial charge in [-0.3, -0.25) is 4.79 Å². The first kappa shape index (κ1) is 17.7. The van der Waals surface area contributed by atoms with Crippen molar-refractivity contribution in [2.45, 2.75) is 24.7 Å². The fraction of sp³-hybridized carbons (Fsp3) is 0.278. The lowest BCUT2D eigenvalue weighted by Gasteiger charge is -2.12. The minimum atomic E-state index is -0.0305. The van der Waals surface area contributed by atoms with Gasteiger partial charge in [0, 0.05) is 17.1 Å². The number of thioether (sulfide) groups is 1. The molecule has 0 saturated carbocycles. The van der Waals surface area contributed by atoms with E-state index in [0.717, 1.165) is 16.3 Å². The normalized spacial score (nSPS) is 10.3. The van der Waals surface area contributed by atoms with E-state index in [1.807, 2.05) is 55.5 Å². The zero-order valence-corrected chi connectivity index (χ0v) is 14.6. The fourth-order valence-corrected chi connectivity index (χ4v) is 3.12. The fourth-order valence-electron chi connectivity index (χ4n) is 1.94. The van der Waals surface area contributed by atoms with Crippen molar-refractivity contribution in [2.75, 3.05) is 17.7 Å². The van der Waals surface area contributed by atoms with Gasteiger partial charge < -0.3 is 10.1 Å². The van der Waals surface area contributed by atoms with Crippen LogP contribution in [0.15, 0.2) is 53.4 Å². The third-order valence-corrected chi connectivity index (χ3v) is 4.56. The van der Waals surface area contributed by atoms with Crippen molar-refractivity contribution < 1.29 is 9.53 Å². The van der Waals surface area contributed by atoms with Crippen molar-refractivity contribution >= 4 is 35.0 Å². The molecule has 0 fully saturated rings. The van der Waals surface area contributed by atoms with Crippen LogP contribution >= 0.6 is 23.4 Å². The Labute approximate surface area is 146 Å². The minimum absolute atomic E-state index is 0.0305. The van der Waals surface area contributed by atoms with Crippen LogP contribution in [0.2, 0.25) is 5.02 Å². The van der Waals surface area contributed by atoms with Gasteiger partial charge in [0.1, 0.15) is 5.75 Å². The molecule has 5 heteroatoms. The van der Waals surface area contributed by atoms with Crippen LogP contribution in [0.3, 0.4) is 0 Å². The average Bonchev–Trinajstić information content (AvgIpc) is 2.56.